The predicted molar refractivity (Wildman–Crippen MR) is 277 cm³/mol. The van der Waals surface area contributed by atoms with E-state index in [0.717, 1.165) is 32.9 Å². The van der Waals surface area contributed by atoms with Gasteiger partial charge < -0.3 is 59.3 Å². The SMILES string of the molecule is C=CCOC1C[C@H](n2cc(C#CCNC(=O)OCC(=C)CCNC(=O)c3ccc(C(=O)O)c(-c4c5cc(C)/c(=N\CC)cc-5oc5cc(NCC)c(C)cc45)c3)c(=O)[nH]c2=O)O[C@@H]1COP(=O)(O)OP(=O)(O)OP(=O)(O)O. The second-order valence-corrected chi connectivity index (χ2v) is 21.4. The van der Waals surface area contributed by atoms with E-state index in [9.17, 15) is 52.6 Å². The molecule has 1 saturated heterocycles. The zero-order chi connectivity index (χ0) is 56.4. The quantitative estimate of drug-likeness (QED) is 0.0172. The van der Waals surface area contributed by atoms with Crippen LogP contribution in [0.4, 0.5) is 10.5 Å². The van der Waals surface area contributed by atoms with Gasteiger partial charge in [-0.15, -0.1) is 6.58 Å². The Morgan fingerprint density at radius 3 is 2.43 bits per heavy atom. The van der Waals surface area contributed by atoms with Crippen LogP contribution in [0.3, 0.4) is 0 Å². The van der Waals surface area contributed by atoms with Gasteiger partial charge in [-0.2, -0.15) is 8.62 Å². The smallest absolute Gasteiger partial charge is 0.478 e. The summed E-state index contributed by atoms with van der Waals surface area (Å²) >= 11 is 0. The number of hydrogen-bond donors (Lipinski definition) is 9. The normalized spacial score (nSPS) is 17.2. The summed E-state index contributed by atoms with van der Waals surface area (Å²) in [6.07, 6.45) is -1.96. The second-order valence-electron chi connectivity index (χ2n) is 17.0. The van der Waals surface area contributed by atoms with Crippen LogP contribution in [0.5, 0.6) is 0 Å². The molecule has 29 heteroatoms. The van der Waals surface area contributed by atoms with Crippen molar-refractivity contribution in [3.05, 3.63) is 127 Å². The van der Waals surface area contributed by atoms with Gasteiger partial charge in [-0.25, -0.2) is 28.1 Å². The third-order valence-electron chi connectivity index (χ3n) is 11.3. The van der Waals surface area contributed by atoms with Crippen LogP contribution < -0.4 is 32.6 Å². The maximum Gasteiger partial charge on any atom is 0.490 e. The summed E-state index contributed by atoms with van der Waals surface area (Å²) in [6.45, 7) is 14.9. The number of aromatic carboxylic acids is 1. The molecule has 3 unspecified atom stereocenters. The Morgan fingerprint density at radius 1 is 0.987 bits per heavy atom. The zero-order valence-electron chi connectivity index (χ0n) is 41.8. The molecule has 77 heavy (non-hydrogen) atoms. The van der Waals surface area contributed by atoms with Gasteiger partial charge in [-0.3, -0.25) is 28.7 Å². The van der Waals surface area contributed by atoms with Gasteiger partial charge in [0.25, 0.3) is 11.5 Å². The van der Waals surface area contributed by atoms with Crippen molar-refractivity contribution < 1.29 is 84.5 Å². The highest BCUT2D eigenvalue weighted by Gasteiger charge is 2.43. The fraction of sp³-hybridized carbons (Fsp3) is 0.333. The summed E-state index contributed by atoms with van der Waals surface area (Å²) in [7, 11) is -17.0. The molecule has 2 aromatic carbocycles. The van der Waals surface area contributed by atoms with E-state index in [0.29, 0.717) is 52.1 Å². The van der Waals surface area contributed by atoms with Gasteiger partial charge in [0, 0.05) is 72.1 Å². The largest absolute Gasteiger partial charge is 0.490 e. The third-order valence-corrected chi connectivity index (χ3v) is 15.1. The molecule has 2 amide bonds. The van der Waals surface area contributed by atoms with E-state index in [1.165, 1.54) is 24.3 Å². The molecule has 0 bridgehead atoms. The molecule has 5 atom stereocenters. The summed E-state index contributed by atoms with van der Waals surface area (Å²) in [5.41, 5.74) is 3.05. The first-order valence-corrected chi connectivity index (χ1v) is 27.8. The lowest BCUT2D eigenvalue weighted by Gasteiger charge is -2.21. The Hall–Kier alpha value is -6.81. The van der Waals surface area contributed by atoms with Crippen molar-refractivity contribution >= 4 is 58.1 Å². The standard InChI is InChI=1S/C48H55N6O20P3/c1-7-17-68-40-23-42(72-41(40)26-70-76(64,65)74-77(66,67)73-75(61,62)63)54-24-31(45(56)53-47(54)59)11-10-15-52-48(60)69-25-27(4)14-16-51-44(55)30-12-13-32(46(57)58)33(20-30)43-34-18-28(5)36(49-8-2)21-38(34)71-39-22-37(50-9-3)29(6)19-35(39)43/h7,12-13,18-22,24,40-42,49H,1,4,8-9,14-17,23,25-26H2,2-3,5-6H3,(H,51,55)(H,52,60)(H,57,58)(H,64,65)(H,66,67)(H,53,56,59)(H2,61,62,63)/b50-37-/t40?,41-,42-/m1/s1. The van der Waals surface area contributed by atoms with Gasteiger partial charge in [-0.05, 0) is 86.7 Å². The van der Waals surface area contributed by atoms with E-state index in [4.69, 9.17) is 28.4 Å². The van der Waals surface area contributed by atoms with Crippen molar-refractivity contribution in [2.75, 3.05) is 51.3 Å². The molecule has 2 aliphatic heterocycles. The van der Waals surface area contributed by atoms with Crippen molar-refractivity contribution in [1.82, 2.24) is 20.2 Å². The molecule has 1 fully saturated rings. The number of aromatic amines is 1. The first-order chi connectivity index (χ1) is 36.3. The molecule has 3 aromatic rings. The molecule has 1 aliphatic carbocycles. The number of carboxylic acid groups (broad SMARTS) is 1. The minimum atomic E-state index is -5.81. The predicted octanol–water partition coefficient (Wildman–Crippen LogP) is 5.38. The average molecular weight is 1130 g/mol. The highest BCUT2D eigenvalue weighted by Crippen LogP contribution is 2.66. The number of phosphoric ester groups is 1. The average Bonchev–Trinajstić information content (AvgIpc) is 3.77. The van der Waals surface area contributed by atoms with Crippen LogP contribution in [0.2, 0.25) is 0 Å². The topological polar surface area (TPSA) is 375 Å². The molecule has 0 radical (unpaired) electrons. The fourth-order valence-corrected chi connectivity index (χ4v) is 11.0. The molecule has 412 valence electrons. The van der Waals surface area contributed by atoms with E-state index in [-0.39, 0.29) is 55.8 Å². The molecule has 26 nitrogen and oxygen atoms in total. The number of rotatable bonds is 23. The van der Waals surface area contributed by atoms with E-state index in [1.807, 2.05) is 52.0 Å². The fourth-order valence-electron chi connectivity index (χ4n) is 7.93. The van der Waals surface area contributed by atoms with Gasteiger partial charge >= 0.3 is 41.2 Å². The Kier molecular flexibility index (Phi) is 19.7. The molecule has 1 aromatic heterocycles. The number of benzene rings is 3. The van der Waals surface area contributed by atoms with Gasteiger partial charge in [-0.1, -0.05) is 24.5 Å². The number of carboxylic acids is 1. The van der Waals surface area contributed by atoms with Crippen LogP contribution in [0.1, 0.15) is 70.3 Å². The lowest BCUT2D eigenvalue weighted by molar-refractivity contribution is -0.0571. The van der Waals surface area contributed by atoms with E-state index < -0.39 is 77.7 Å². The third kappa shape index (κ3) is 15.9. The maximum absolute atomic E-state index is 13.6. The van der Waals surface area contributed by atoms with Crippen molar-refractivity contribution in [2.45, 2.75) is 59.0 Å². The summed E-state index contributed by atoms with van der Waals surface area (Å²) in [5, 5.41) is 20.3. The number of ether oxygens (including phenoxy) is 3. The number of amides is 2. The van der Waals surface area contributed by atoms with Gasteiger partial charge in [0.1, 0.15) is 35.8 Å². The van der Waals surface area contributed by atoms with Crippen LogP contribution in [-0.2, 0) is 41.1 Å². The van der Waals surface area contributed by atoms with Gasteiger partial charge in [0.2, 0.25) is 0 Å². The van der Waals surface area contributed by atoms with Crippen LogP contribution >= 0.6 is 23.5 Å². The number of nitrogens with one attached hydrogen (secondary N) is 4. The number of anilines is 1. The van der Waals surface area contributed by atoms with Crippen LogP contribution in [0, 0.1) is 25.7 Å². The summed E-state index contributed by atoms with van der Waals surface area (Å²) in [4.78, 5) is 108. The van der Waals surface area contributed by atoms with Crippen LogP contribution in [-0.4, -0.2) is 110 Å². The van der Waals surface area contributed by atoms with Crippen LogP contribution in [0.15, 0.2) is 92.5 Å². The molecule has 6 rings (SSSR count). The number of nitrogens with zero attached hydrogens (tertiary/aromatic N) is 2. The number of alkyl carbamates (subject to hydrolysis) is 1. The molecule has 9 N–H and O–H groups in total. The first kappa shape index (κ1) is 59.4. The maximum atomic E-state index is 13.6. The van der Waals surface area contributed by atoms with Crippen molar-refractivity contribution in [2.24, 2.45) is 4.99 Å². The second kappa shape index (κ2) is 25.6. The Bertz CT molecular complexity index is 3480. The Morgan fingerprint density at radius 2 is 1.74 bits per heavy atom. The number of H-pyrrole nitrogens is 1. The molecule has 0 saturated carbocycles. The van der Waals surface area contributed by atoms with Gasteiger partial charge in [0.15, 0.2) is 0 Å². The lowest BCUT2D eigenvalue weighted by Crippen LogP contribution is -2.34. The van der Waals surface area contributed by atoms with E-state index >= 15 is 0 Å². The number of aromatic nitrogens is 2. The van der Waals surface area contributed by atoms with Crippen molar-refractivity contribution in [3.63, 3.8) is 0 Å². The Labute approximate surface area is 438 Å². The molecule has 3 aliphatic rings. The minimum Gasteiger partial charge on any atom is -0.478 e. The first-order valence-electron chi connectivity index (χ1n) is 23.3. The van der Waals surface area contributed by atoms with Gasteiger partial charge in [0.05, 0.1) is 36.8 Å². The monoisotopic (exact) mass is 1130 g/mol. The number of aryl methyl sites for hydroxylation is 2. The number of carbonyl (C=O) groups is 3. The van der Waals surface area contributed by atoms with Crippen LogP contribution in [0.25, 0.3) is 33.4 Å². The number of phosphoric acid groups is 3. The minimum absolute atomic E-state index is 0.0305. The van der Waals surface area contributed by atoms with Crippen molar-refractivity contribution in [3.8, 4) is 34.3 Å². The highest BCUT2D eigenvalue weighted by atomic mass is 31.3. The molecule has 3 heterocycles. The number of fused-ring (bicyclic) bond motifs is 2. The highest BCUT2D eigenvalue weighted by molar-refractivity contribution is 7.66. The van der Waals surface area contributed by atoms with Crippen molar-refractivity contribution in [1.29, 1.82) is 0 Å². The summed E-state index contributed by atoms with van der Waals surface area (Å²) in [6, 6.07) is 11.9. The molecular weight excluding hydrogens is 1070 g/mol. The number of carbonyl (C=O) groups excluding carboxylic acids is 2. The number of hydrogen-bond acceptors (Lipinski definition) is 17. The Balaban J connectivity index is 1.05. The molecular formula is C48H55N6O20P3. The molecule has 0 spiro atoms. The zero-order valence-corrected chi connectivity index (χ0v) is 44.5. The summed E-state index contributed by atoms with van der Waals surface area (Å²) < 4.78 is 71.1. The van der Waals surface area contributed by atoms with E-state index in [1.54, 1.807) is 0 Å². The van der Waals surface area contributed by atoms with E-state index in [2.05, 4.69) is 64.1 Å². The summed E-state index contributed by atoms with van der Waals surface area (Å²) in [5.74, 6) is 3.85. The lowest BCUT2D eigenvalue weighted by atomic mass is 9.88.